The van der Waals surface area contributed by atoms with Gasteiger partial charge in [-0.15, -0.1) is 0 Å². The summed E-state index contributed by atoms with van der Waals surface area (Å²) in [5.74, 6) is 2.52. The number of para-hydroxylation sites is 1. The molecule has 0 spiro atoms. The van der Waals surface area contributed by atoms with Crippen LogP contribution in [0.3, 0.4) is 0 Å². The first-order valence-corrected chi connectivity index (χ1v) is 10.3. The predicted molar refractivity (Wildman–Crippen MR) is 121 cm³/mol. The standard InChI is InChI=1S/C23H26N6O/c1-30-19-8-6-18(7-9-19)27-12-14-28(15-13-27)22-21(24)23(26-16-25-22)29-11-10-17-4-2-3-5-20(17)29/h2-9,16H,10-15,24H2,1H3. The molecule has 2 N–H and O–H groups in total. The maximum atomic E-state index is 6.59. The van der Waals surface area contributed by atoms with E-state index < -0.39 is 0 Å². The number of rotatable bonds is 4. The second-order valence-electron chi connectivity index (χ2n) is 7.64. The van der Waals surface area contributed by atoms with E-state index >= 15 is 0 Å². The van der Waals surface area contributed by atoms with Gasteiger partial charge in [-0.05, 0) is 42.3 Å². The Morgan fingerprint density at radius 1 is 0.833 bits per heavy atom. The predicted octanol–water partition coefficient (Wildman–Crippen LogP) is 3.09. The summed E-state index contributed by atoms with van der Waals surface area (Å²) in [6.45, 7) is 4.45. The number of ether oxygens (including phenoxy) is 1. The average molecular weight is 403 g/mol. The van der Waals surface area contributed by atoms with Crippen molar-refractivity contribution in [1.29, 1.82) is 0 Å². The van der Waals surface area contributed by atoms with E-state index in [4.69, 9.17) is 10.5 Å². The molecule has 0 unspecified atom stereocenters. The van der Waals surface area contributed by atoms with Gasteiger partial charge in [-0.2, -0.15) is 0 Å². The lowest BCUT2D eigenvalue weighted by atomic mass is 10.2. The minimum absolute atomic E-state index is 0.659. The van der Waals surface area contributed by atoms with Gasteiger partial charge in [0.2, 0.25) is 0 Å². The lowest BCUT2D eigenvalue weighted by Gasteiger charge is -2.37. The maximum absolute atomic E-state index is 6.59. The number of aromatic nitrogens is 2. The molecule has 154 valence electrons. The van der Waals surface area contributed by atoms with Crippen molar-refractivity contribution in [3.8, 4) is 5.75 Å². The van der Waals surface area contributed by atoms with Crippen LogP contribution in [0.4, 0.5) is 28.7 Å². The second-order valence-corrected chi connectivity index (χ2v) is 7.64. The summed E-state index contributed by atoms with van der Waals surface area (Å²) in [7, 11) is 1.69. The van der Waals surface area contributed by atoms with Crippen molar-refractivity contribution in [1.82, 2.24) is 9.97 Å². The van der Waals surface area contributed by atoms with Gasteiger partial charge in [0.15, 0.2) is 11.6 Å². The third-order valence-electron chi connectivity index (χ3n) is 6.00. The topological polar surface area (TPSA) is 70.8 Å². The zero-order chi connectivity index (χ0) is 20.5. The van der Waals surface area contributed by atoms with Crippen molar-refractivity contribution in [2.24, 2.45) is 0 Å². The lowest BCUT2D eigenvalue weighted by molar-refractivity contribution is 0.415. The van der Waals surface area contributed by atoms with Crippen LogP contribution in [-0.4, -0.2) is 49.8 Å². The average Bonchev–Trinajstić information content (AvgIpc) is 3.23. The molecule has 1 fully saturated rings. The Morgan fingerprint density at radius 3 is 2.30 bits per heavy atom. The zero-order valence-electron chi connectivity index (χ0n) is 17.2. The number of hydrogen-bond donors (Lipinski definition) is 1. The first-order chi connectivity index (χ1) is 14.7. The van der Waals surface area contributed by atoms with Gasteiger partial charge >= 0.3 is 0 Å². The number of nitrogens with zero attached hydrogens (tertiary/aromatic N) is 5. The molecule has 5 rings (SSSR count). The van der Waals surface area contributed by atoms with Crippen LogP contribution in [0.2, 0.25) is 0 Å². The van der Waals surface area contributed by atoms with Gasteiger partial charge in [-0.1, -0.05) is 18.2 Å². The highest BCUT2D eigenvalue weighted by molar-refractivity contribution is 5.81. The van der Waals surface area contributed by atoms with Crippen molar-refractivity contribution in [2.75, 3.05) is 60.3 Å². The summed E-state index contributed by atoms with van der Waals surface area (Å²) in [5, 5.41) is 0. The van der Waals surface area contributed by atoms with Crippen LogP contribution < -0.4 is 25.2 Å². The molecule has 2 aliphatic heterocycles. The Hall–Kier alpha value is -3.48. The number of hydrogen-bond acceptors (Lipinski definition) is 7. The summed E-state index contributed by atoms with van der Waals surface area (Å²) in [6.07, 6.45) is 2.65. The zero-order valence-corrected chi connectivity index (χ0v) is 17.2. The Labute approximate surface area is 176 Å². The van der Waals surface area contributed by atoms with Crippen LogP contribution in [0, 0.1) is 0 Å². The summed E-state index contributed by atoms with van der Waals surface area (Å²) in [5.41, 5.74) is 11.0. The van der Waals surface area contributed by atoms with E-state index in [-0.39, 0.29) is 0 Å². The van der Waals surface area contributed by atoms with Crippen molar-refractivity contribution in [3.05, 3.63) is 60.4 Å². The molecule has 2 aromatic carbocycles. The molecule has 0 radical (unpaired) electrons. The molecule has 0 atom stereocenters. The van der Waals surface area contributed by atoms with E-state index in [1.54, 1.807) is 13.4 Å². The highest BCUT2D eigenvalue weighted by atomic mass is 16.5. The monoisotopic (exact) mass is 402 g/mol. The number of nitrogens with two attached hydrogens (primary N) is 1. The molecular weight excluding hydrogens is 376 g/mol. The summed E-state index contributed by atoms with van der Waals surface area (Å²) >= 11 is 0. The molecule has 2 aliphatic rings. The number of anilines is 5. The highest BCUT2D eigenvalue weighted by Crippen LogP contribution is 2.38. The molecule has 3 heterocycles. The normalized spacial score (nSPS) is 16.0. The molecule has 0 saturated carbocycles. The van der Waals surface area contributed by atoms with E-state index in [0.717, 1.165) is 56.5 Å². The number of benzene rings is 2. The number of methoxy groups -OCH3 is 1. The summed E-state index contributed by atoms with van der Waals surface area (Å²) in [4.78, 5) is 15.9. The van der Waals surface area contributed by atoms with Crippen LogP contribution in [0.1, 0.15) is 5.56 Å². The number of fused-ring (bicyclic) bond motifs is 1. The van der Waals surface area contributed by atoms with Crippen LogP contribution in [0.25, 0.3) is 0 Å². The van der Waals surface area contributed by atoms with Gasteiger partial charge < -0.3 is 25.2 Å². The minimum Gasteiger partial charge on any atom is -0.497 e. The van der Waals surface area contributed by atoms with Gasteiger partial charge in [0.05, 0.1) is 7.11 Å². The van der Waals surface area contributed by atoms with Gasteiger partial charge in [-0.25, -0.2) is 9.97 Å². The molecule has 30 heavy (non-hydrogen) atoms. The van der Waals surface area contributed by atoms with Gasteiger partial charge in [0.25, 0.3) is 0 Å². The minimum atomic E-state index is 0.659. The molecule has 1 aromatic heterocycles. The molecule has 0 amide bonds. The van der Waals surface area contributed by atoms with E-state index in [1.807, 2.05) is 12.1 Å². The largest absolute Gasteiger partial charge is 0.497 e. The lowest BCUT2D eigenvalue weighted by Crippen LogP contribution is -2.47. The Balaban J connectivity index is 1.33. The van der Waals surface area contributed by atoms with E-state index in [1.165, 1.54) is 16.9 Å². The third kappa shape index (κ3) is 3.26. The van der Waals surface area contributed by atoms with Crippen molar-refractivity contribution >= 4 is 28.7 Å². The van der Waals surface area contributed by atoms with Crippen LogP contribution in [-0.2, 0) is 6.42 Å². The summed E-state index contributed by atoms with van der Waals surface area (Å²) in [6, 6.07) is 16.7. The Bertz CT molecular complexity index is 1030. The van der Waals surface area contributed by atoms with E-state index in [9.17, 15) is 0 Å². The number of piperazine rings is 1. The van der Waals surface area contributed by atoms with Crippen molar-refractivity contribution in [2.45, 2.75) is 6.42 Å². The van der Waals surface area contributed by atoms with E-state index in [0.29, 0.717) is 5.69 Å². The van der Waals surface area contributed by atoms with Gasteiger partial charge in [-0.3, -0.25) is 0 Å². The van der Waals surface area contributed by atoms with Crippen molar-refractivity contribution < 1.29 is 4.74 Å². The first kappa shape index (κ1) is 18.5. The first-order valence-electron chi connectivity index (χ1n) is 10.3. The van der Waals surface area contributed by atoms with E-state index in [2.05, 4.69) is 61.1 Å². The third-order valence-corrected chi connectivity index (χ3v) is 6.00. The fourth-order valence-electron chi connectivity index (χ4n) is 4.37. The van der Waals surface area contributed by atoms with Crippen LogP contribution in [0.15, 0.2) is 54.9 Å². The molecule has 7 nitrogen and oxygen atoms in total. The fraction of sp³-hybridized carbons (Fsp3) is 0.304. The van der Waals surface area contributed by atoms with Gasteiger partial charge in [0, 0.05) is 44.1 Å². The molecule has 7 heteroatoms. The number of nitrogen functional groups attached to an aromatic ring is 1. The maximum Gasteiger partial charge on any atom is 0.161 e. The molecular formula is C23H26N6O. The summed E-state index contributed by atoms with van der Waals surface area (Å²) < 4.78 is 5.26. The SMILES string of the molecule is COc1ccc(N2CCN(c3ncnc(N4CCc5ccccc54)c3N)CC2)cc1. The van der Waals surface area contributed by atoms with Crippen LogP contribution >= 0.6 is 0 Å². The Morgan fingerprint density at radius 2 is 1.53 bits per heavy atom. The molecule has 0 aliphatic carbocycles. The smallest absolute Gasteiger partial charge is 0.161 e. The Kier molecular flexibility index (Phi) is 4.78. The molecule has 3 aromatic rings. The quantitative estimate of drug-likeness (QED) is 0.719. The molecule has 0 bridgehead atoms. The van der Waals surface area contributed by atoms with Gasteiger partial charge in [0.1, 0.15) is 17.8 Å². The van der Waals surface area contributed by atoms with Crippen molar-refractivity contribution in [3.63, 3.8) is 0 Å². The second kappa shape index (κ2) is 7.74. The fourth-order valence-corrected chi connectivity index (χ4v) is 4.37. The highest BCUT2D eigenvalue weighted by Gasteiger charge is 2.26. The molecule has 1 saturated heterocycles. The van der Waals surface area contributed by atoms with Crippen LogP contribution in [0.5, 0.6) is 5.75 Å².